The summed E-state index contributed by atoms with van der Waals surface area (Å²) in [5, 5.41) is 22.2. The summed E-state index contributed by atoms with van der Waals surface area (Å²) >= 11 is 0. The topological polar surface area (TPSA) is 210 Å². The van der Waals surface area contributed by atoms with E-state index in [-0.39, 0.29) is 24.3 Å². The van der Waals surface area contributed by atoms with Crippen LogP contribution in [0.3, 0.4) is 0 Å². The number of fused-ring (bicyclic) bond motifs is 2. The Morgan fingerprint density at radius 2 is 1.38 bits per heavy atom. The summed E-state index contributed by atoms with van der Waals surface area (Å²) in [4.78, 5) is 40.9. The van der Waals surface area contributed by atoms with Gasteiger partial charge in [-0.25, -0.2) is 0 Å². The van der Waals surface area contributed by atoms with Crippen LogP contribution in [0.2, 0.25) is 0 Å². The molecule has 3 aromatic rings. The number of hydrogen-bond acceptors (Lipinski definition) is 10. The molecule has 0 saturated carbocycles. The van der Waals surface area contributed by atoms with Crippen LogP contribution in [0, 0.1) is 0 Å². The van der Waals surface area contributed by atoms with Gasteiger partial charge < -0.3 is 50.4 Å². The van der Waals surface area contributed by atoms with Crippen LogP contribution < -0.4 is 37.2 Å². The molecule has 2 heterocycles. The average molecular weight is 663 g/mol. The lowest BCUT2D eigenvalue weighted by Gasteiger charge is -2.22. The van der Waals surface area contributed by atoms with E-state index in [0.717, 1.165) is 47.3 Å². The second kappa shape index (κ2) is 19.9. The van der Waals surface area contributed by atoms with Gasteiger partial charge in [0.2, 0.25) is 12.3 Å². The summed E-state index contributed by atoms with van der Waals surface area (Å²) in [5.41, 5.74) is 14.4. The van der Waals surface area contributed by atoms with Crippen LogP contribution in [0.15, 0.2) is 54.6 Å². The Labute approximate surface area is 281 Å². The van der Waals surface area contributed by atoms with E-state index < -0.39 is 20.1 Å². The third-order valence-electron chi connectivity index (χ3n) is 7.52. The fourth-order valence-electron chi connectivity index (χ4n) is 5.12. The van der Waals surface area contributed by atoms with E-state index >= 15 is 0 Å². The highest BCUT2D eigenvalue weighted by atomic mass is 16.5. The standard InChI is InChI=1S/C22H28BNO5.C8H8BNO3.C2H4O.CH3NO/c1-5-15(18-9-19(27-3)12-20(10-18)28-4)8-14(2)24-22(25)16-6-7-17-13-29-23(26)21(17)11-16;10-8(11)5-1-2-6-4-13-9(12)7(6)3-5;1-2-3;2-1-3/h6-7,9-12,14-15,26H,5,8,13H2,1-4H3,(H,24,25);1-3,12H,4H2,(H2,10,11);2H,1H3;1H,(H2,2,3). The van der Waals surface area contributed by atoms with E-state index in [9.17, 15) is 19.6 Å². The summed E-state index contributed by atoms with van der Waals surface area (Å²) in [7, 11) is 1.40. The highest BCUT2D eigenvalue weighted by Crippen LogP contribution is 2.32. The molecule has 0 aromatic heterocycles. The van der Waals surface area contributed by atoms with Crippen molar-refractivity contribution in [1.29, 1.82) is 0 Å². The van der Waals surface area contributed by atoms with Crippen molar-refractivity contribution in [2.45, 2.75) is 58.8 Å². The van der Waals surface area contributed by atoms with Gasteiger partial charge in [0.25, 0.3) is 5.91 Å². The normalized spacial score (nSPS) is 13.4. The number of benzene rings is 3. The summed E-state index contributed by atoms with van der Waals surface area (Å²) in [5.74, 6) is 1.12. The summed E-state index contributed by atoms with van der Waals surface area (Å²) in [6.07, 6.45) is 2.72. The lowest BCUT2D eigenvalue weighted by molar-refractivity contribution is -0.107. The predicted molar refractivity (Wildman–Crippen MR) is 182 cm³/mol. The zero-order valence-corrected chi connectivity index (χ0v) is 27.8. The van der Waals surface area contributed by atoms with Crippen LogP contribution in [0.1, 0.15) is 76.9 Å². The quantitative estimate of drug-likeness (QED) is 0.162. The van der Waals surface area contributed by atoms with Crippen LogP contribution in [-0.4, -0.2) is 69.1 Å². The first-order valence-corrected chi connectivity index (χ1v) is 15.2. The molecular weight excluding hydrogens is 620 g/mol. The molecule has 0 spiro atoms. The highest BCUT2D eigenvalue weighted by Gasteiger charge is 2.29. The van der Waals surface area contributed by atoms with Crippen LogP contribution in [0.5, 0.6) is 11.5 Å². The number of nitrogens with two attached hydrogens (primary N) is 2. The van der Waals surface area contributed by atoms with Crippen LogP contribution in [0.25, 0.3) is 0 Å². The van der Waals surface area contributed by atoms with Crippen LogP contribution >= 0.6 is 0 Å². The van der Waals surface area contributed by atoms with Gasteiger partial charge in [-0.15, -0.1) is 0 Å². The molecule has 2 unspecified atom stereocenters. The predicted octanol–water partition coefficient (Wildman–Crippen LogP) is 0.934. The molecule has 0 aliphatic carbocycles. The van der Waals surface area contributed by atoms with Gasteiger partial charge in [0.1, 0.15) is 17.8 Å². The Kier molecular flexibility index (Phi) is 16.3. The molecule has 3 aromatic carbocycles. The van der Waals surface area contributed by atoms with Crippen molar-refractivity contribution in [2.75, 3.05) is 14.2 Å². The Bertz CT molecular complexity index is 1510. The molecule has 0 radical (unpaired) electrons. The average Bonchev–Trinajstić information content (AvgIpc) is 3.65. The minimum Gasteiger partial charge on any atom is -0.497 e. The summed E-state index contributed by atoms with van der Waals surface area (Å²) in [6, 6.07) is 16.1. The Balaban J connectivity index is 0.000000346. The van der Waals surface area contributed by atoms with Crippen molar-refractivity contribution < 1.29 is 48.0 Å². The van der Waals surface area contributed by atoms with Crippen molar-refractivity contribution in [3.05, 3.63) is 82.4 Å². The Morgan fingerprint density at radius 3 is 1.81 bits per heavy atom. The van der Waals surface area contributed by atoms with Gasteiger partial charge in [0, 0.05) is 23.2 Å². The maximum absolute atomic E-state index is 12.7. The number of carbonyl (C=O) groups excluding carboxylic acids is 4. The third kappa shape index (κ3) is 11.2. The second-order valence-corrected chi connectivity index (χ2v) is 10.8. The molecule has 5 rings (SSSR count). The van der Waals surface area contributed by atoms with E-state index in [1.54, 1.807) is 44.6 Å². The number of methoxy groups -OCH3 is 2. The van der Waals surface area contributed by atoms with Crippen molar-refractivity contribution in [1.82, 2.24) is 5.32 Å². The van der Waals surface area contributed by atoms with Gasteiger partial charge in [-0.05, 0) is 96.6 Å². The Hall–Kier alpha value is -4.69. The molecule has 48 heavy (non-hydrogen) atoms. The van der Waals surface area contributed by atoms with Crippen molar-refractivity contribution >= 4 is 49.7 Å². The van der Waals surface area contributed by atoms with Gasteiger partial charge in [-0.1, -0.05) is 19.1 Å². The number of ether oxygens (including phenoxy) is 2. The summed E-state index contributed by atoms with van der Waals surface area (Å²) in [6.45, 7) is 6.34. The van der Waals surface area contributed by atoms with E-state index in [1.165, 1.54) is 6.92 Å². The summed E-state index contributed by atoms with van der Waals surface area (Å²) < 4.78 is 20.9. The van der Waals surface area contributed by atoms with Gasteiger partial charge in [-0.2, -0.15) is 0 Å². The van der Waals surface area contributed by atoms with Crippen LogP contribution in [-0.2, 0) is 32.1 Å². The van der Waals surface area contributed by atoms with E-state index in [1.807, 2.05) is 31.2 Å². The van der Waals surface area contributed by atoms with Crippen molar-refractivity contribution in [3.63, 3.8) is 0 Å². The number of aldehydes is 1. The number of primary amides is 2. The maximum atomic E-state index is 12.7. The molecule has 0 fully saturated rings. The van der Waals surface area contributed by atoms with Crippen LogP contribution in [0.4, 0.5) is 0 Å². The molecule has 7 N–H and O–H groups in total. The number of rotatable bonds is 9. The fourth-order valence-corrected chi connectivity index (χ4v) is 5.12. The zero-order valence-electron chi connectivity index (χ0n) is 27.8. The fraction of sp³-hybridized carbons (Fsp3) is 0.333. The first-order chi connectivity index (χ1) is 23.0. The monoisotopic (exact) mass is 663 g/mol. The molecule has 256 valence electrons. The molecule has 13 nitrogen and oxygen atoms in total. The van der Waals surface area contributed by atoms with E-state index in [2.05, 4.69) is 18.0 Å². The molecule has 2 aliphatic rings. The van der Waals surface area contributed by atoms with Crippen molar-refractivity contribution in [3.8, 4) is 11.5 Å². The molecule has 2 aliphatic heterocycles. The highest BCUT2D eigenvalue weighted by molar-refractivity contribution is 6.62. The van der Waals surface area contributed by atoms with Gasteiger partial charge in [-0.3, -0.25) is 14.4 Å². The smallest absolute Gasteiger partial charge is 0.491 e. The SMILES string of the molecule is CC=O.CCC(CC(C)NC(=O)c1ccc2c(c1)B(O)OC2)c1cc(OC)cc(OC)c1.NC(=O)c1ccc2c(c1)B(O)OC2.NC=O. The number of hydrogen-bond donors (Lipinski definition) is 5. The number of carbonyl (C=O) groups is 4. The molecule has 15 heteroatoms. The van der Waals surface area contributed by atoms with Crippen molar-refractivity contribution in [2.24, 2.45) is 11.5 Å². The molecule has 0 bridgehead atoms. The molecule has 3 amide bonds. The number of amides is 3. The molecule has 2 atom stereocenters. The maximum Gasteiger partial charge on any atom is 0.491 e. The van der Waals surface area contributed by atoms with Gasteiger partial charge in [0.15, 0.2) is 0 Å². The zero-order chi connectivity index (χ0) is 35.8. The van der Waals surface area contributed by atoms with Gasteiger partial charge in [0.05, 0.1) is 27.4 Å². The lowest BCUT2D eigenvalue weighted by atomic mass is 9.78. The van der Waals surface area contributed by atoms with Gasteiger partial charge >= 0.3 is 14.2 Å². The third-order valence-corrected chi connectivity index (χ3v) is 7.52. The minimum atomic E-state index is -0.956. The minimum absolute atomic E-state index is 0.0286. The number of nitrogens with one attached hydrogen (secondary N) is 1. The Morgan fingerprint density at radius 1 is 0.917 bits per heavy atom. The first kappa shape index (κ1) is 39.5. The first-order valence-electron chi connectivity index (χ1n) is 15.2. The van der Waals surface area contributed by atoms with E-state index in [4.69, 9.17) is 34.1 Å². The molecular formula is C33H43B2N3O10. The largest absolute Gasteiger partial charge is 0.497 e. The second-order valence-electron chi connectivity index (χ2n) is 10.8. The van der Waals surface area contributed by atoms with E-state index in [0.29, 0.717) is 35.3 Å². The lowest BCUT2D eigenvalue weighted by Crippen LogP contribution is -2.35. The molecule has 0 saturated heterocycles.